The number of rotatable bonds is 9. The number of nitrogens with zero attached hydrogens (tertiary/aromatic N) is 2. The summed E-state index contributed by atoms with van der Waals surface area (Å²) in [6, 6.07) is 4.74. The predicted molar refractivity (Wildman–Crippen MR) is 102 cm³/mol. The second kappa shape index (κ2) is 10.0. The molecule has 0 spiro atoms. The van der Waals surface area contributed by atoms with E-state index < -0.39 is 50.6 Å². The number of ether oxygens (including phenoxy) is 1. The van der Waals surface area contributed by atoms with E-state index in [1.807, 2.05) is 0 Å². The number of hydrogen-bond acceptors (Lipinski definition) is 8. The zero-order valence-corrected chi connectivity index (χ0v) is 16.5. The van der Waals surface area contributed by atoms with Crippen molar-refractivity contribution in [3.63, 3.8) is 0 Å². The zero-order chi connectivity index (χ0) is 24.1. The quantitative estimate of drug-likeness (QED) is 0.290. The normalized spacial score (nSPS) is 12.2. The van der Waals surface area contributed by atoms with Crippen molar-refractivity contribution in [3.8, 4) is 11.5 Å². The summed E-state index contributed by atoms with van der Waals surface area (Å²) in [7, 11) is 0. The van der Waals surface area contributed by atoms with E-state index in [9.17, 15) is 38.2 Å². The summed E-state index contributed by atoms with van der Waals surface area (Å²) >= 11 is 0. The maximum absolute atomic E-state index is 12.9. The van der Waals surface area contributed by atoms with Crippen molar-refractivity contribution < 1.29 is 42.7 Å². The molecule has 0 aromatic heterocycles. The van der Waals surface area contributed by atoms with Gasteiger partial charge in [-0.1, -0.05) is 19.8 Å². The third-order valence-electron chi connectivity index (χ3n) is 4.50. The third kappa shape index (κ3) is 5.69. The van der Waals surface area contributed by atoms with Gasteiger partial charge in [-0.15, -0.1) is 0 Å². The van der Waals surface area contributed by atoms with Crippen molar-refractivity contribution in [1.29, 1.82) is 0 Å². The maximum Gasteiger partial charge on any atom is 0.416 e. The van der Waals surface area contributed by atoms with Gasteiger partial charge in [0.2, 0.25) is 5.75 Å². The summed E-state index contributed by atoms with van der Waals surface area (Å²) < 4.78 is 43.9. The molecule has 2 aromatic carbocycles. The Morgan fingerprint density at radius 1 is 1.09 bits per heavy atom. The van der Waals surface area contributed by atoms with E-state index in [0.29, 0.717) is 25.0 Å². The molecular weight excluding hydrogens is 441 g/mol. The van der Waals surface area contributed by atoms with E-state index in [0.717, 1.165) is 24.3 Å². The molecule has 0 heterocycles. The van der Waals surface area contributed by atoms with Crippen LogP contribution in [0.4, 0.5) is 24.5 Å². The fourth-order valence-electron chi connectivity index (χ4n) is 2.96. The fraction of sp³-hybridized carbons (Fsp3) is 0.316. The Kier molecular flexibility index (Phi) is 7.70. The van der Waals surface area contributed by atoms with Crippen LogP contribution < -0.4 is 4.74 Å². The van der Waals surface area contributed by atoms with Gasteiger partial charge in [0.1, 0.15) is 5.75 Å². The highest BCUT2D eigenvalue weighted by Crippen LogP contribution is 2.40. The molecule has 0 saturated heterocycles. The molecule has 1 unspecified atom stereocenters. The van der Waals surface area contributed by atoms with Gasteiger partial charge < -0.3 is 9.62 Å². The predicted octanol–water partition coefficient (Wildman–Crippen LogP) is 5.60. The van der Waals surface area contributed by atoms with Crippen LogP contribution in [0.15, 0.2) is 36.4 Å². The first-order chi connectivity index (χ1) is 15.0. The summed E-state index contributed by atoms with van der Waals surface area (Å²) in [5.74, 6) is -3.15. The van der Waals surface area contributed by atoms with Crippen LogP contribution in [-0.2, 0) is 15.9 Å². The van der Waals surface area contributed by atoms with Gasteiger partial charge in [-0.05, 0) is 30.7 Å². The molecule has 0 fully saturated rings. The number of carbonyl (C=O) groups excluding carboxylic acids is 1. The highest BCUT2D eigenvalue weighted by Gasteiger charge is 2.34. The summed E-state index contributed by atoms with van der Waals surface area (Å²) in [6.07, 6.45) is -3.66. The molecule has 32 heavy (non-hydrogen) atoms. The molecule has 0 aliphatic rings. The molecule has 0 saturated carbocycles. The van der Waals surface area contributed by atoms with E-state index >= 15 is 0 Å². The van der Waals surface area contributed by atoms with E-state index in [-0.39, 0.29) is 17.7 Å². The van der Waals surface area contributed by atoms with Crippen LogP contribution in [0, 0.1) is 20.2 Å². The van der Waals surface area contributed by atoms with Gasteiger partial charge in [0.25, 0.3) is 5.69 Å². The molecule has 1 N–H and O–H groups in total. The first-order valence-corrected chi connectivity index (χ1v) is 9.16. The minimum Gasteiger partial charge on any atom is -0.450 e. The molecule has 2 aromatic rings. The van der Waals surface area contributed by atoms with Crippen LogP contribution in [0.25, 0.3) is 0 Å². The van der Waals surface area contributed by atoms with E-state index in [1.165, 1.54) is 0 Å². The Hall–Kier alpha value is -3.74. The monoisotopic (exact) mass is 458 g/mol. The highest BCUT2D eigenvalue weighted by atomic mass is 19.4. The Morgan fingerprint density at radius 2 is 1.75 bits per heavy atom. The molecule has 0 amide bonds. The summed E-state index contributed by atoms with van der Waals surface area (Å²) in [5.41, 5.74) is -2.91. The van der Waals surface area contributed by atoms with Crippen LogP contribution in [0.5, 0.6) is 11.5 Å². The molecule has 0 bridgehead atoms. The van der Waals surface area contributed by atoms with Crippen molar-refractivity contribution in [2.24, 2.45) is 0 Å². The molecule has 0 radical (unpaired) electrons. The van der Waals surface area contributed by atoms with Gasteiger partial charge in [0, 0.05) is 17.7 Å². The first kappa shape index (κ1) is 24.5. The molecule has 172 valence electrons. The fourth-order valence-corrected chi connectivity index (χ4v) is 2.96. The molecular formula is C19H17F3N2O8. The minimum absolute atomic E-state index is 0.0839. The van der Waals surface area contributed by atoms with Gasteiger partial charge in [-0.25, -0.2) is 4.79 Å². The van der Waals surface area contributed by atoms with Crippen LogP contribution in [0.2, 0.25) is 0 Å². The second-order valence-electron chi connectivity index (χ2n) is 6.62. The van der Waals surface area contributed by atoms with Crippen molar-refractivity contribution in [3.05, 3.63) is 67.8 Å². The molecule has 0 aliphatic heterocycles. The van der Waals surface area contributed by atoms with Crippen LogP contribution >= 0.6 is 0 Å². The summed E-state index contributed by atoms with van der Waals surface area (Å²) in [6.45, 7) is 1.80. The molecule has 13 heteroatoms. The SMILES string of the molecule is CCCCC(C(=O)OO)c1cc(Oc2ccc(C(F)(F)F)cc2[N+](=O)[O-])ccc1[N+](=O)[O-]. The Balaban J connectivity index is 2.54. The number of halogens is 3. The molecule has 1 atom stereocenters. The lowest BCUT2D eigenvalue weighted by Crippen LogP contribution is -2.16. The Labute approximate surface area is 178 Å². The average molecular weight is 458 g/mol. The smallest absolute Gasteiger partial charge is 0.416 e. The summed E-state index contributed by atoms with van der Waals surface area (Å²) in [4.78, 5) is 36.6. The third-order valence-corrected chi connectivity index (χ3v) is 4.50. The van der Waals surface area contributed by atoms with Crippen molar-refractivity contribution in [1.82, 2.24) is 0 Å². The number of unbranched alkanes of at least 4 members (excludes halogenated alkanes) is 1. The minimum atomic E-state index is -4.82. The number of carbonyl (C=O) groups is 1. The number of nitro groups is 2. The lowest BCUT2D eigenvalue weighted by atomic mass is 9.92. The number of hydrogen-bond donors (Lipinski definition) is 1. The van der Waals surface area contributed by atoms with Gasteiger partial charge in [0.15, 0.2) is 0 Å². The Morgan fingerprint density at radius 3 is 2.28 bits per heavy atom. The first-order valence-electron chi connectivity index (χ1n) is 9.16. The largest absolute Gasteiger partial charge is 0.450 e. The lowest BCUT2D eigenvalue weighted by molar-refractivity contribution is -0.386. The van der Waals surface area contributed by atoms with E-state index in [4.69, 9.17) is 9.99 Å². The van der Waals surface area contributed by atoms with Gasteiger partial charge in [0.05, 0.1) is 21.3 Å². The topological polar surface area (TPSA) is 142 Å². The Bertz CT molecular complexity index is 1030. The summed E-state index contributed by atoms with van der Waals surface area (Å²) in [5, 5.41) is 31.4. The number of alkyl halides is 3. The maximum atomic E-state index is 12.9. The molecule has 2 rings (SSSR count). The van der Waals surface area contributed by atoms with E-state index in [2.05, 4.69) is 4.89 Å². The molecule has 10 nitrogen and oxygen atoms in total. The lowest BCUT2D eigenvalue weighted by Gasteiger charge is -2.15. The van der Waals surface area contributed by atoms with E-state index in [1.54, 1.807) is 6.92 Å². The van der Waals surface area contributed by atoms with Crippen LogP contribution in [-0.4, -0.2) is 21.1 Å². The van der Waals surface area contributed by atoms with Gasteiger partial charge in [-0.2, -0.15) is 18.4 Å². The van der Waals surface area contributed by atoms with Crippen LogP contribution in [0.1, 0.15) is 43.2 Å². The van der Waals surface area contributed by atoms with Crippen molar-refractivity contribution in [2.75, 3.05) is 0 Å². The number of nitro benzene ring substituents is 2. The number of benzene rings is 2. The van der Waals surface area contributed by atoms with Gasteiger partial charge >= 0.3 is 17.8 Å². The average Bonchev–Trinajstić information content (AvgIpc) is 2.73. The standard InChI is InChI=1S/C19H17F3N2O8/c1-2-3-4-13(18(25)32-30)14-10-12(6-7-15(14)23(26)27)31-17-8-5-11(19(20,21)22)9-16(17)24(28)29/h5-10,13,30H,2-4H2,1H3. The highest BCUT2D eigenvalue weighted by molar-refractivity contribution is 5.79. The van der Waals surface area contributed by atoms with Crippen LogP contribution in [0.3, 0.4) is 0 Å². The zero-order valence-electron chi connectivity index (χ0n) is 16.5. The van der Waals surface area contributed by atoms with Gasteiger partial charge in [-0.3, -0.25) is 20.2 Å². The van der Waals surface area contributed by atoms with Crippen molar-refractivity contribution >= 4 is 17.3 Å². The second-order valence-corrected chi connectivity index (χ2v) is 6.62. The van der Waals surface area contributed by atoms with Crippen molar-refractivity contribution in [2.45, 2.75) is 38.3 Å². The molecule has 0 aliphatic carbocycles.